The van der Waals surface area contributed by atoms with Crippen molar-refractivity contribution in [1.29, 1.82) is 0 Å². The Labute approximate surface area is 200 Å². The van der Waals surface area contributed by atoms with Gasteiger partial charge in [-0.1, -0.05) is 6.07 Å². The van der Waals surface area contributed by atoms with Gasteiger partial charge in [0, 0.05) is 18.8 Å². The molecule has 1 unspecified atom stereocenters. The van der Waals surface area contributed by atoms with Crippen molar-refractivity contribution in [3.05, 3.63) is 36.0 Å². The van der Waals surface area contributed by atoms with Crippen LogP contribution in [0.15, 0.2) is 30.5 Å². The van der Waals surface area contributed by atoms with E-state index < -0.39 is 25.0 Å². The number of anilines is 2. The molecule has 2 aliphatic heterocycles. The van der Waals surface area contributed by atoms with Crippen molar-refractivity contribution in [1.82, 2.24) is 19.9 Å². The summed E-state index contributed by atoms with van der Waals surface area (Å²) in [5.41, 5.74) is 0.428. The van der Waals surface area contributed by atoms with Gasteiger partial charge in [-0.15, -0.1) is 0 Å². The largest absolute Gasteiger partial charge is 0.495 e. The summed E-state index contributed by atoms with van der Waals surface area (Å²) in [4.78, 5) is 12.4. The van der Waals surface area contributed by atoms with Crippen molar-refractivity contribution in [2.45, 2.75) is 37.0 Å². The van der Waals surface area contributed by atoms with Crippen LogP contribution in [0, 0.1) is 0 Å². The van der Waals surface area contributed by atoms with Gasteiger partial charge in [-0.05, 0) is 30.2 Å². The lowest BCUT2D eigenvalue weighted by molar-refractivity contribution is -0.196. The Hall–Kier alpha value is -3.26. The molecule has 5 rings (SSSR count). The maximum absolute atomic E-state index is 14.1. The third-order valence-electron chi connectivity index (χ3n) is 6.13. The van der Waals surface area contributed by atoms with Crippen molar-refractivity contribution in [3.8, 4) is 11.6 Å². The number of aromatic nitrogens is 3. The van der Waals surface area contributed by atoms with E-state index in [1.807, 2.05) is 0 Å². The smallest absolute Gasteiger partial charge is 0.422 e. The number of H-pyrrole nitrogens is 1. The number of nitrogens with one attached hydrogen (secondary N) is 2. The molecule has 0 aliphatic carbocycles. The van der Waals surface area contributed by atoms with E-state index >= 15 is 0 Å². The van der Waals surface area contributed by atoms with Crippen molar-refractivity contribution in [2.75, 3.05) is 32.2 Å². The molecule has 2 saturated heterocycles. The van der Waals surface area contributed by atoms with Gasteiger partial charge in [0.05, 0.1) is 30.9 Å². The molecular weight excluding hydrogens is 496 g/mol. The molecule has 2 aliphatic rings. The number of ether oxygens (including phenoxy) is 3. The number of benzene rings is 1. The Morgan fingerprint density at radius 1 is 1.19 bits per heavy atom. The Kier molecular flexibility index (Phi) is 6.11. The maximum Gasteiger partial charge on any atom is 0.422 e. The molecule has 0 spiro atoms. The maximum atomic E-state index is 14.1. The highest BCUT2D eigenvalue weighted by Gasteiger charge is 2.52. The first-order valence-electron chi connectivity index (χ1n) is 11.0. The SMILES string of the molecule is COc1cc(C(N2C[C@@H]3C[C@H]2CO3)C(F)(F)F)ccc1Nc1nc(OCC(F)(F)F)c2cc[nH]c2n1. The molecule has 3 atom stereocenters. The van der Waals surface area contributed by atoms with E-state index in [1.54, 1.807) is 0 Å². The van der Waals surface area contributed by atoms with E-state index in [4.69, 9.17) is 14.2 Å². The number of morpholine rings is 1. The van der Waals surface area contributed by atoms with Gasteiger partial charge in [0.15, 0.2) is 6.61 Å². The highest BCUT2D eigenvalue weighted by molar-refractivity contribution is 5.82. The molecule has 1 aromatic carbocycles. The van der Waals surface area contributed by atoms with E-state index in [-0.39, 0.29) is 65.2 Å². The summed E-state index contributed by atoms with van der Waals surface area (Å²) >= 11 is 0. The Morgan fingerprint density at radius 2 is 2.00 bits per heavy atom. The van der Waals surface area contributed by atoms with E-state index in [0.29, 0.717) is 6.42 Å². The molecule has 14 heteroatoms. The first kappa shape index (κ1) is 24.4. The van der Waals surface area contributed by atoms with E-state index in [0.717, 1.165) is 0 Å². The van der Waals surface area contributed by atoms with Crippen molar-refractivity contribution < 1.29 is 40.6 Å². The van der Waals surface area contributed by atoms with Crippen LogP contribution in [0.25, 0.3) is 11.0 Å². The Bertz CT molecular complexity index is 1250. The summed E-state index contributed by atoms with van der Waals surface area (Å²) in [6.07, 6.45) is -7.29. The lowest BCUT2D eigenvalue weighted by Crippen LogP contribution is -2.45. The first-order chi connectivity index (χ1) is 17.0. The van der Waals surface area contributed by atoms with Gasteiger partial charge in [0.25, 0.3) is 0 Å². The number of halogens is 6. The number of hydrogen-bond donors (Lipinski definition) is 2. The number of rotatable bonds is 7. The predicted molar refractivity (Wildman–Crippen MR) is 115 cm³/mol. The average Bonchev–Trinajstić information content (AvgIpc) is 3.54. The molecule has 4 heterocycles. The summed E-state index contributed by atoms with van der Waals surface area (Å²) in [5, 5.41) is 3.04. The summed E-state index contributed by atoms with van der Waals surface area (Å²) in [7, 11) is 1.30. The second-order valence-corrected chi connectivity index (χ2v) is 8.57. The molecule has 2 bridgehead atoms. The normalized spacial score (nSPS) is 21.2. The number of likely N-dealkylation sites (tertiary alicyclic amines) is 1. The van der Waals surface area contributed by atoms with Crippen LogP contribution in [0.3, 0.4) is 0 Å². The zero-order chi connectivity index (χ0) is 25.7. The molecule has 0 radical (unpaired) electrons. The van der Waals surface area contributed by atoms with Crippen molar-refractivity contribution in [2.24, 2.45) is 0 Å². The van der Waals surface area contributed by atoms with E-state index in [2.05, 4.69) is 20.3 Å². The minimum atomic E-state index is -4.57. The standard InChI is InChI=1S/C22H21F6N5O3/c1-34-16-6-11(17(22(26,27)28)33-8-13-7-12(33)9-35-13)2-3-15(16)30-20-31-18-14(4-5-29-18)19(32-20)36-10-21(23,24)25/h2-6,12-13,17H,7-10H2,1H3,(H2,29,30,31,32)/t12-,13-,17?/m0/s1. The number of fused-ring (bicyclic) bond motifs is 3. The fraction of sp³-hybridized carbons (Fsp3) is 0.455. The van der Waals surface area contributed by atoms with E-state index in [9.17, 15) is 26.3 Å². The zero-order valence-corrected chi connectivity index (χ0v) is 18.8. The zero-order valence-electron chi connectivity index (χ0n) is 18.8. The molecule has 8 nitrogen and oxygen atoms in total. The summed E-state index contributed by atoms with van der Waals surface area (Å²) in [6, 6.07) is 3.30. The fourth-order valence-corrected chi connectivity index (χ4v) is 4.64. The molecular formula is C22H21F6N5O3. The van der Waals surface area contributed by atoms with Gasteiger partial charge in [-0.25, -0.2) is 0 Å². The number of alkyl halides is 6. The molecule has 194 valence electrons. The quantitative estimate of drug-likeness (QED) is 0.439. The van der Waals surface area contributed by atoms with Crippen LogP contribution < -0.4 is 14.8 Å². The number of methoxy groups -OCH3 is 1. The molecule has 36 heavy (non-hydrogen) atoms. The molecule has 2 fully saturated rings. The highest BCUT2D eigenvalue weighted by atomic mass is 19.4. The summed E-state index contributed by atoms with van der Waals surface area (Å²) < 4.78 is 96.0. The van der Waals surface area contributed by atoms with Gasteiger partial charge >= 0.3 is 12.4 Å². The first-order valence-corrected chi connectivity index (χ1v) is 11.0. The summed E-state index contributed by atoms with van der Waals surface area (Å²) in [5.74, 6) is -0.357. The molecule has 0 saturated carbocycles. The van der Waals surface area contributed by atoms with Gasteiger partial charge in [0.1, 0.15) is 17.4 Å². The van der Waals surface area contributed by atoms with Gasteiger partial charge < -0.3 is 24.5 Å². The lowest BCUT2D eigenvalue weighted by atomic mass is 10.0. The average molecular weight is 517 g/mol. The van der Waals surface area contributed by atoms with Crippen LogP contribution in [-0.4, -0.2) is 71.2 Å². The lowest BCUT2D eigenvalue weighted by Gasteiger charge is -2.36. The topological polar surface area (TPSA) is 84.5 Å². The third-order valence-corrected chi connectivity index (χ3v) is 6.13. The van der Waals surface area contributed by atoms with Crippen LogP contribution in [-0.2, 0) is 4.74 Å². The minimum Gasteiger partial charge on any atom is -0.495 e. The molecule has 0 amide bonds. The van der Waals surface area contributed by atoms with Crippen LogP contribution in [0.1, 0.15) is 18.0 Å². The van der Waals surface area contributed by atoms with E-state index in [1.165, 1.54) is 42.5 Å². The van der Waals surface area contributed by atoms with Crippen LogP contribution in [0.4, 0.5) is 38.0 Å². The number of nitrogens with zero attached hydrogens (tertiary/aromatic N) is 3. The minimum absolute atomic E-state index is 0.00705. The predicted octanol–water partition coefficient (Wildman–Crippen LogP) is 4.73. The van der Waals surface area contributed by atoms with Crippen LogP contribution >= 0.6 is 0 Å². The molecule has 3 aromatic rings. The van der Waals surface area contributed by atoms with Crippen molar-refractivity contribution in [3.63, 3.8) is 0 Å². The molecule has 2 aromatic heterocycles. The molecule has 2 N–H and O–H groups in total. The second-order valence-electron chi connectivity index (χ2n) is 8.57. The number of hydrogen-bond acceptors (Lipinski definition) is 7. The Balaban J connectivity index is 1.44. The van der Waals surface area contributed by atoms with Gasteiger partial charge in [-0.3, -0.25) is 4.90 Å². The fourth-order valence-electron chi connectivity index (χ4n) is 4.64. The highest BCUT2D eigenvalue weighted by Crippen LogP contribution is 2.45. The van der Waals surface area contributed by atoms with Gasteiger partial charge in [0.2, 0.25) is 11.8 Å². The Morgan fingerprint density at radius 3 is 2.64 bits per heavy atom. The third kappa shape index (κ3) is 4.87. The number of aromatic amines is 1. The van der Waals surface area contributed by atoms with Crippen molar-refractivity contribution >= 4 is 22.7 Å². The van der Waals surface area contributed by atoms with Crippen LogP contribution in [0.5, 0.6) is 11.6 Å². The van der Waals surface area contributed by atoms with Crippen LogP contribution in [0.2, 0.25) is 0 Å². The monoisotopic (exact) mass is 517 g/mol. The summed E-state index contributed by atoms with van der Waals surface area (Å²) in [6.45, 7) is -1.11. The van der Waals surface area contributed by atoms with Gasteiger partial charge in [-0.2, -0.15) is 36.3 Å². The second kappa shape index (κ2) is 9.00.